The quantitative estimate of drug-likeness (QED) is 0.670. The second kappa shape index (κ2) is 4.82. The Morgan fingerprint density at radius 3 is 2.29 bits per heavy atom. The molecule has 0 bridgehead atoms. The van der Waals surface area contributed by atoms with Gasteiger partial charge in [-0.2, -0.15) is 0 Å². The van der Waals surface area contributed by atoms with E-state index in [1.807, 2.05) is 0 Å². The lowest BCUT2D eigenvalue weighted by molar-refractivity contribution is -0.135. The van der Waals surface area contributed by atoms with Gasteiger partial charge in [0.05, 0.1) is 0 Å². The summed E-state index contributed by atoms with van der Waals surface area (Å²) in [6.07, 6.45) is 0. The number of aryl methyl sites for hydroxylation is 1. The van der Waals surface area contributed by atoms with E-state index in [0.29, 0.717) is 16.8 Å². The molecule has 0 spiro atoms. The maximum atomic E-state index is 11.6. The number of carboxylic acids is 1. The predicted molar refractivity (Wildman–Crippen MR) is 60.2 cm³/mol. The summed E-state index contributed by atoms with van der Waals surface area (Å²) in [6.45, 7) is 4.31. The van der Waals surface area contributed by atoms with E-state index in [1.54, 1.807) is 13.8 Å². The molecular weight excluding hydrogens is 224 g/mol. The summed E-state index contributed by atoms with van der Waals surface area (Å²) < 4.78 is 0. The van der Waals surface area contributed by atoms with E-state index in [4.69, 9.17) is 5.11 Å². The van der Waals surface area contributed by atoms with Crippen LogP contribution in [0.15, 0.2) is 0 Å². The lowest BCUT2D eigenvalue weighted by Gasteiger charge is -2.01. The number of aromatic nitrogens is 1. The van der Waals surface area contributed by atoms with Crippen LogP contribution in [0.1, 0.15) is 39.0 Å². The molecule has 0 aliphatic carbocycles. The fourth-order valence-electron chi connectivity index (χ4n) is 1.75. The van der Waals surface area contributed by atoms with Crippen molar-refractivity contribution in [1.82, 2.24) is 10.3 Å². The number of ketones is 1. The van der Waals surface area contributed by atoms with Gasteiger partial charge in [-0.05, 0) is 26.3 Å². The molecule has 0 aliphatic rings. The van der Waals surface area contributed by atoms with E-state index in [9.17, 15) is 14.4 Å². The molecule has 0 saturated carbocycles. The Bertz CT molecular complexity index is 488. The van der Waals surface area contributed by atoms with Crippen molar-refractivity contribution in [3.8, 4) is 0 Å². The molecule has 0 atom stereocenters. The number of H-pyrrole nitrogens is 1. The summed E-state index contributed by atoms with van der Waals surface area (Å²) >= 11 is 0. The van der Waals surface area contributed by atoms with Crippen LogP contribution in [-0.4, -0.2) is 34.3 Å². The fraction of sp³-hybridized carbons (Fsp3) is 0.364. The number of carbonyl (C=O) groups excluding carboxylic acids is 2. The van der Waals surface area contributed by atoms with E-state index in [0.717, 1.165) is 0 Å². The summed E-state index contributed by atoms with van der Waals surface area (Å²) in [5.74, 6) is -1.78. The Morgan fingerprint density at radius 1 is 1.29 bits per heavy atom. The molecule has 1 amide bonds. The molecule has 6 nitrogen and oxygen atoms in total. The molecular formula is C11H14N2O4. The first-order chi connectivity index (χ1) is 7.84. The number of aliphatic carboxylic acids is 1. The third kappa shape index (κ3) is 2.72. The van der Waals surface area contributed by atoms with Crippen molar-refractivity contribution in [3.63, 3.8) is 0 Å². The number of carbonyl (C=O) groups is 3. The zero-order chi connectivity index (χ0) is 13.2. The van der Waals surface area contributed by atoms with Gasteiger partial charge in [0.2, 0.25) is 0 Å². The number of aromatic amines is 1. The maximum absolute atomic E-state index is 11.6. The summed E-state index contributed by atoms with van der Waals surface area (Å²) in [6, 6.07) is 0. The summed E-state index contributed by atoms with van der Waals surface area (Å²) in [5, 5.41) is 10.7. The van der Waals surface area contributed by atoms with Crippen LogP contribution in [0.25, 0.3) is 0 Å². The van der Waals surface area contributed by atoms with Crippen LogP contribution in [-0.2, 0) is 4.79 Å². The molecule has 0 fully saturated rings. The first-order valence-corrected chi connectivity index (χ1v) is 5.04. The van der Waals surface area contributed by atoms with E-state index >= 15 is 0 Å². The largest absolute Gasteiger partial charge is 0.480 e. The van der Waals surface area contributed by atoms with Gasteiger partial charge in [0, 0.05) is 11.3 Å². The lowest BCUT2D eigenvalue weighted by Crippen LogP contribution is -2.30. The highest BCUT2D eigenvalue weighted by molar-refractivity contribution is 6.03. The van der Waals surface area contributed by atoms with Crippen LogP contribution >= 0.6 is 0 Å². The second-order valence-electron chi connectivity index (χ2n) is 3.76. The Balaban J connectivity index is 3.00. The van der Waals surface area contributed by atoms with Crippen molar-refractivity contribution in [2.75, 3.05) is 6.54 Å². The maximum Gasteiger partial charge on any atom is 0.322 e. The van der Waals surface area contributed by atoms with Gasteiger partial charge in [-0.15, -0.1) is 0 Å². The molecule has 0 saturated heterocycles. The van der Waals surface area contributed by atoms with Crippen molar-refractivity contribution in [3.05, 3.63) is 22.5 Å². The highest BCUT2D eigenvalue weighted by Crippen LogP contribution is 2.18. The van der Waals surface area contributed by atoms with E-state index in [-0.39, 0.29) is 11.5 Å². The number of rotatable bonds is 4. The molecule has 1 rings (SSSR count). The number of Topliss-reactive ketones (excluding diaryl/α,β-unsaturated/α-hetero) is 1. The van der Waals surface area contributed by atoms with Gasteiger partial charge < -0.3 is 15.4 Å². The van der Waals surface area contributed by atoms with Crippen LogP contribution in [0.3, 0.4) is 0 Å². The van der Waals surface area contributed by atoms with E-state index in [2.05, 4.69) is 10.3 Å². The highest BCUT2D eigenvalue weighted by atomic mass is 16.4. The zero-order valence-electron chi connectivity index (χ0n) is 9.88. The first-order valence-electron chi connectivity index (χ1n) is 5.04. The molecule has 0 aliphatic heterocycles. The first kappa shape index (κ1) is 13.0. The minimum Gasteiger partial charge on any atom is -0.480 e. The zero-order valence-corrected chi connectivity index (χ0v) is 9.88. The summed E-state index contributed by atoms with van der Waals surface area (Å²) in [4.78, 5) is 36.1. The monoisotopic (exact) mass is 238 g/mol. The smallest absolute Gasteiger partial charge is 0.322 e. The van der Waals surface area contributed by atoms with Gasteiger partial charge in [-0.25, -0.2) is 0 Å². The molecule has 1 aromatic rings. The number of amides is 1. The Kier molecular flexibility index (Phi) is 3.67. The molecule has 1 aromatic heterocycles. The molecule has 0 radical (unpaired) electrons. The fourth-order valence-corrected chi connectivity index (χ4v) is 1.75. The minimum atomic E-state index is -1.12. The molecule has 92 valence electrons. The van der Waals surface area contributed by atoms with Crippen LogP contribution in [0.4, 0.5) is 0 Å². The van der Waals surface area contributed by atoms with Crippen molar-refractivity contribution in [2.45, 2.75) is 20.8 Å². The Hall–Kier alpha value is -2.11. The van der Waals surface area contributed by atoms with Gasteiger partial charge in [0.1, 0.15) is 12.2 Å². The number of hydrogen-bond acceptors (Lipinski definition) is 3. The van der Waals surface area contributed by atoms with Crippen LogP contribution in [0.2, 0.25) is 0 Å². The molecule has 17 heavy (non-hydrogen) atoms. The van der Waals surface area contributed by atoms with Crippen LogP contribution in [0.5, 0.6) is 0 Å². The second-order valence-corrected chi connectivity index (χ2v) is 3.76. The Morgan fingerprint density at radius 2 is 1.88 bits per heavy atom. The SMILES string of the molecule is CC(=O)c1c(C)[nH]c(C(=O)NCC(=O)O)c1C. The van der Waals surface area contributed by atoms with Crippen molar-refractivity contribution >= 4 is 17.7 Å². The van der Waals surface area contributed by atoms with Gasteiger partial charge in [0.15, 0.2) is 5.78 Å². The summed E-state index contributed by atoms with van der Waals surface area (Å²) in [5.41, 5.74) is 1.85. The minimum absolute atomic E-state index is 0.131. The Labute approximate surface area is 98.0 Å². The summed E-state index contributed by atoms with van der Waals surface area (Å²) in [7, 11) is 0. The van der Waals surface area contributed by atoms with Gasteiger partial charge >= 0.3 is 5.97 Å². The highest BCUT2D eigenvalue weighted by Gasteiger charge is 2.19. The third-order valence-corrected chi connectivity index (χ3v) is 2.42. The number of hydrogen-bond donors (Lipinski definition) is 3. The lowest BCUT2D eigenvalue weighted by atomic mass is 10.1. The molecule has 1 heterocycles. The average Bonchev–Trinajstić information content (AvgIpc) is 2.50. The number of carboxylic acid groups (broad SMARTS) is 1. The van der Waals surface area contributed by atoms with Crippen molar-refractivity contribution in [2.24, 2.45) is 0 Å². The van der Waals surface area contributed by atoms with Gasteiger partial charge in [-0.1, -0.05) is 0 Å². The van der Waals surface area contributed by atoms with Gasteiger partial charge in [0.25, 0.3) is 5.91 Å². The van der Waals surface area contributed by atoms with Gasteiger partial charge in [-0.3, -0.25) is 14.4 Å². The standard InChI is InChI=1S/C11H14N2O4/c1-5-9(7(3)14)6(2)13-10(5)11(17)12-4-8(15)16/h13H,4H2,1-3H3,(H,12,17)(H,15,16). The predicted octanol–water partition coefficient (Wildman–Crippen LogP) is 0.649. The topological polar surface area (TPSA) is 99.3 Å². The van der Waals surface area contributed by atoms with Crippen LogP contribution < -0.4 is 5.32 Å². The van der Waals surface area contributed by atoms with Crippen LogP contribution in [0, 0.1) is 13.8 Å². The van der Waals surface area contributed by atoms with E-state index < -0.39 is 18.4 Å². The molecule has 6 heteroatoms. The molecule has 0 aromatic carbocycles. The normalized spacial score (nSPS) is 10.1. The van der Waals surface area contributed by atoms with Crippen molar-refractivity contribution in [1.29, 1.82) is 0 Å². The number of nitrogens with one attached hydrogen (secondary N) is 2. The molecule has 0 unspecified atom stereocenters. The van der Waals surface area contributed by atoms with E-state index in [1.165, 1.54) is 6.92 Å². The average molecular weight is 238 g/mol. The third-order valence-electron chi connectivity index (χ3n) is 2.42. The molecule has 3 N–H and O–H groups in total. The van der Waals surface area contributed by atoms with Crippen molar-refractivity contribution < 1.29 is 19.5 Å².